The van der Waals surface area contributed by atoms with Crippen LogP contribution in [0.2, 0.25) is 0 Å². The molecule has 0 heterocycles. The summed E-state index contributed by atoms with van der Waals surface area (Å²) in [6.07, 6.45) is 21.6. The fraction of sp³-hybridized carbons (Fsp3) is 0.773. The van der Waals surface area contributed by atoms with E-state index in [1.54, 1.807) is 0 Å². The molecule has 0 aliphatic carbocycles. The highest BCUT2D eigenvalue weighted by Gasteiger charge is 2.08. The summed E-state index contributed by atoms with van der Waals surface area (Å²) in [6, 6.07) is 2.17. The molecule has 0 amide bonds. The second-order valence-corrected chi connectivity index (χ2v) is 6.38. The van der Waals surface area contributed by atoms with Crippen LogP contribution < -0.4 is 0 Å². The molecular weight excluding hydrogens is 310 g/mol. The van der Waals surface area contributed by atoms with Gasteiger partial charge in [-0.1, -0.05) is 63.8 Å². The van der Waals surface area contributed by atoms with Crippen molar-refractivity contribution in [2.75, 3.05) is 13.2 Å². The van der Waals surface area contributed by atoms with Gasteiger partial charge in [0, 0.05) is 12.8 Å². The summed E-state index contributed by atoms with van der Waals surface area (Å²) in [5.41, 5.74) is 0. The van der Waals surface area contributed by atoms with E-state index in [-0.39, 0.29) is 6.29 Å². The first-order chi connectivity index (χ1) is 12.3. The van der Waals surface area contributed by atoms with Crippen molar-refractivity contribution >= 4 is 0 Å². The van der Waals surface area contributed by atoms with Gasteiger partial charge in [-0.15, -0.1) is 0 Å². The second kappa shape index (κ2) is 20.9. The van der Waals surface area contributed by atoms with E-state index in [4.69, 9.17) is 14.7 Å². The van der Waals surface area contributed by atoms with Crippen LogP contribution in [0.25, 0.3) is 0 Å². The topological polar surface area (TPSA) is 42.2 Å². The molecule has 0 saturated heterocycles. The third-order valence-electron chi connectivity index (χ3n) is 3.95. The molecule has 0 aromatic rings. The molecule has 144 valence electrons. The van der Waals surface area contributed by atoms with Crippen molar-refractivity contribution in [3.05, 3.63) is 24.3 Å². The van der Waals surface area contributed by atoms with Gasteiger partial charge in [-0.25, -0.2) is 0 Å². The molecule has 0 N–H and O–H groups in total. The SMILES string of the molecule is CCCCC/C=C\CCOC(CCC#N)OCC/C=C\CCCCC. The maximum absolute atomic E-state index is 8.76. The molecular formula is C22H39NO2. The smallest absolute Gasteiger partial charge is 0.158 e. The molecule has 0 aliphatic rings. The van der Waals surface area contributed by atoms with Crippen LogP contribution in [0.5, 0.6) is 0 Å². The Hall–Kier alpha value is -1.11. The third kappa shape index (κ3) is 19.1. The zero-order valence-corrected chi connectivity index (χ0v) is 16.5. The lowest BCUT2D eigenvalue weighted by Crippen LogP contribution is -2.18. The van der Waals surface area contributed by atoms with Crippen LogP contribution in [0, 0.1) is 11.3 Å². The Labute approximate surface area is 156 Å². The van der Waals surface area contributed by atoms with Gasteiger partial charge >= 0.3 is 0 Å². The summed E-state index contributed by atoms with van der Waals surface area (Å²) in [6.45, 7) is 5.77. The van der Waals surface area contributed by atoms with Crippen LogP contribution in [0.15, 0.2) is 24.3 Å². The lowest BCUT2D eigenvalue weighted by atomic mass is 10.2. The van der Waals surface area contributed by atoms with Crippen molar-refractivity contribution in [2.45, 2.75) is 97.2 Å². The fourth-order valence-corrected chi connectivity index (χ4v) is 2.43. The molecule has 0 bridgehead atoms. The Balaban J connectivity index is 3.76. The minimum Gasteiger partial charge on any atom is -0.352 e. The fourth-order valence-electron chi connectivity index (χ4n) is 2.43. The van der Waals surface area contributed by atoms with Gasteiger partial charge in [-0.2, -0.15) is 5.26 Å². The first-order valence-corrected chi connectivity index (χ1v) is 10.2. The molecule has 0 aromatic carbocycles. The number of allylic oxidation sites excluding steroid dienone is 2. The largest absolute Gasteiger partial charge is 0.352 e. The Bertz CT molecular complexity index is 332. The molecule has 0 unspecified atom stereocenters. The highest BCUT2D eigenvalue weighted by atomic mass is 16.7. The predicted molar refractivity (Wildman–Crippen MR) is 106 cm³/mol. The molecule has 25 heavy (non-hydrogen) atoms. The molecule has 0 aromatic heterocycles. The quantitative estimate of drug-likeness (QED) is 0.157. The number of rotatable bonds is 18. The molecule has 0 saturated carbocycles. The number of hydrogen-bond acceptors (Lipinski definition) is 3. The van der Waals surface area contributed by atoms with Gasteiger partial charge in [0.2, 0.25) is 0 Å². The number of hydrogen-bond donors (Lipinski definition) is 0. The highest BCUT2D eigenvalue weighted by Crippen LogP contribution is 2.07. The van der Waals surface area contributed by atoms with Crippen molar-refractivity contribution in [3.63, 3.8) is 0 Å². The Morgan fingerprint density at radius 1 is 0.760 bits per heavy atom. The van der Waals surface area contributed by atoms with Crippen LogP contribution >= 0.6 is 0 Å². The van der Waals surface area contributed by atoms with E-state index in [9.17, 15) is 0 Å². The average molecular weight is 350 g/mol. The Morgan fingerprint density at radius 3 is 1.68 bits per heavy atom. The monoisotopic (exact) mass is 349 g/mol. The van der Waals surface area contributed by atoms with E-state index in [1.807, 2.05) is 0 Å². The van der Waals surface area contributed by atoms with Crippen molar-refractivity contribution in [1.82, 2.24) is 0 Å². The molecule has 0 rings (SSSR count). The van der Waals surface area contributed by atoms with Crippen molar-refractivity contribution in [2.24, 2.45) is 0 Å². The number of nitrogens with zero attached hydrogens (tertiary/aromatic N) is 1. The highest BCUT2D eigenvalue weighted by molar-refractivity contribution is 4.82. The minimum absolute atomic E-state index is 0.248. The van der Waals surface area contributed by atoms with Gasteiger partial charge < -0.3 is 9.47 Å². The standard InChI is InChI=1S/C22H39NO2/c1-3-5-7-9-11-13-15-20-24-22(18-17-19-23)25-21-16-14-12-10-8-6-4-2/h11-14,22H,3-10,15-18,20-21H2,1-2H3/b13-11-,14-12-. The molecule has 0 aliphatic heterocycles. The molecule has 3 nitrogen and oxygen atoms in total. The first kappa shape index (κ1) is 23.9. The van der Waals surface area contributed by atoms with Crippen LogP contribution in [0.1, 0.15) is 90.9 Å². The van der Waals surface area contributed by atoms with E-state index in [0.717, 1.165) is 25.7 Å². The second-order valence-electron chi connectivity index (χ2n) is 6.38. The number of nitriles is 1. The summed E-state index contributed by atoms with van der Waals surface area (Å²) in [5, 5.41) is 8.76. The lowest BCUT2D eigenvalue weighted by Gasteiger charge is -2.16. The van der Waals surface area contributed by atoms with Gasteiger partial charge in [0.25, 0.3) is 0 Å². The maximum atomic E-state index is 8.76. The van der Waals surface area contributed by atoms with Gasteiger partial charge in [0.15, 0.2) is 6.29 Å². The molecule has 0 spiro atoms. The van der Waals surface area contributed by atoms with Gasteiger partial charge in [-0.05, 0) is 38.5 Å². The van der Waals surface area contributed by atoms with Gasteiger partial charge in [0.05, 0.1) is 19.3 Å². The van der Waals surface area contributed by atoms with E-state index in [2.05, 4.69) is 44.2 Å². The molecule has 0 radical (unpaired) electrons. The minimum atomic E-state index is -0.248. The first-order valence-electron chi connectivity index (χ1n) is 10.2. The van der Waals surface area contributed by atoms with Crippen molar-refractivity contribution in [3.8, 4) is 6.07 Å². The normalized spacial score (nSPS) is 11.8. The van der Waals surface area contributed by atoms with Crippen molar-refractivity contribution in [1.29, 1.82) is 5.26 Å². The Kier molecular flexibility index (Phi) is 20.0. The predicted octanol–water partition coefficient (Wildman–Crippen LogP) is 6.70. The summed E-state index contributed by atoms with van der Waals surface area (Å²) in [7, 11) is 0. The van der Waals surface area contributed by atoms with E-state index >= 15 is 0 Å². The molecule has 0 atom stereocenters. The van der Waals surface area contributed by atoms with Crippen LogP contribution in [0.4, 0.5) is 0 Å². The van der Waals surface area contributed by atoms with E-state index in [0.29, 0.717) is 26.1 Å². The summed E-state index contributed by atoms with van der Waals surface area (Å²) >= 11 is 0. The summed E-state index contributed by atoms with van der Waals surface area (Å²) in [5.74, 6) is 0. The van der Waals surface area contributed by atoms with Crippen LogP contribution in [-0.4, -0.2) is 19.5 Å². The van der Waals surface area contributed by atoms with Gasteiger partial charge in [-0.3, -0.25) is 0 Å². The number of unbranched alkanes of at least 4 members (excludes halogenated alkanes) is 6. The lowest BCUT2D eigenvalue weighted by molar-refractivity contribution is -0.143. The summed E-state index contributed by atoms with van der Waals surface area (Å²) < 4.78 is 11.6. The third-order valence-corrected chi connectivity index (χ3v) is 3.95. The molecule has 3 heteroatoms. The average Bonchev–Trinajstić information content (AvgIpc) is 2.63. The van der Waals surface area contributed by atoms with E-state index in [1.165, 1.54) is 38.5 Å². The molecule has 0 fully saturated rings. The van der Waals surface area contributed by atoms with E-state index < -0.39 is 0 Å². The zero-order chi connectivity index (χ0) is 18.4. The summed E-state index contributed by atoms with van der Waals surface area (Å²) in [4.78, 5) is 0. The van der Waals surface area contributed by atoms with Gasteiger partial charge in [0.1, 0.15) is 0 Å². The maximum Gasteiger partial charge on any atom is 0.158 e. The van der Waals surface area contributed by atoms with Crippen LogP contribution in [-0.2, 0) is 9.47 Å². The zero-order valence-electron chi connectivity index (χ0n) is 16.5. The number of ether oxygens (including phenoxy) is 2. The van der Waals surface area contributed by atoms with Crippen LogP contribution in [0.3, 0.4) is 0 Å². The van der Waals surface area contributed by atoms with Crippen molar-refractivity contribution < 1.29 is 9.47 Å². The Morgan fingerprint density at radius 2 is 1.24 bits per heavy atom.